The number of hydrogen-bond acceptors (Lipinski definition) is 2. The molecule has 0 spiro atoms. The highest BCUT2D eigenvalue weighted by Gasteiger charge is 2.12. The second-order valence-electron chi connectivity index (χ2n) is 4.04. The number of ether oxygens (including phenoxy) is 1. The summed E-state index contributed by atoms with van der Waals surface area (Å²) < 4.78 is 5.58. The summed E-state index contributed by atoms with van der Waals surface area (Å²) in [5.41, 5.74) is 8.23. The van der Waals surface area contributed by atoms with Gasteiger partial charge in [-0.25, -0.2) is 0 Å². The Morgan fingerprint density at radius 2 is 2.06 bits per heavy atom. The summed E-state index contributed by atoms with van der Waals surface area (Å²) in [6.07, 6.45) is 1.77. The zero-order valence-corrected chi connectivity index (χ0v) is 11.0. The van der Waals surface area contributed by atoms with Gasteiger partial charge in [0, 0.05) is 6.04 Å². The Bertz CT molecular complexity index is 352. The Labute approximate surface area is 103 Å². The number of nitrogens with two attached hydrogens (primary N) is 1. The largest absolute Gasteiger partial charge is 0.492 e. The summed E-state index contributed by atoms with van der Waals surface area (Å²) in [5.74, 6) is 0.790. The standard InChI is InChI=1S/C13H20ClNO/c1-4-11(15)8-10-6-9(3)7-12(14)13(10)16-5-2/h6-7,11H,4-5,8,15H2,1-3H3. The fraction of sp³-hybridized carbons (Fsp3) is 0.538. The van der Waals surface area contributed by atoms with Crippen molar-refractivity contribution < 1.29 is 4.74 Å². The molecule has 2 N–H and O–H groups in total. The van der Waals surface area contributed by atoms with Gasteiger partial charge in [-0.2, -0.15) is 0 Å². The van der Waals surface area contributed by atoms with E-state index in [-0.39, 0.29) is 6.04 Å². The number of hydrogen-bond donors (Lipinski definition) is 1. The van der Waals surface area contributed by atoms with Crippen LogP contribution in [0.5, 0.6) is 5.75 Å². The van der Waals surface area contributed by atoms with Gasteiger partial charge in [-0.05, 0) is 43.9 Å². The quantitative estimate of drug-likeness (QED) is 0.858. The summed E-state index contributed by atoms with van der Waals surface area (Å²) in [6.45, 7) is 6.70. The average molecular weight is 242 g/mol. The highest BCUT2D eigenvalue weighted by atomic mass is 35.5. The molecule has 1 atom stereocenters. The Morgan fingerprint density at radius 1 is 1.38 bits per heavy atom. The van der Waals surface area contributed by atoms with Gasteiger partial charge in [0.05, 0.1) is 11.6 Å². The summed E-state index contributed by atoms with van der Waals surface area (Å²) in [4.78, 5) is 0. The maximum absolute atomic E-state index is 6.17. The third-order valence-electron chi connectivity index (χ3n) is 2.56. The van der Waals surface area contributed by atoms with Crippen LogP contribution in [-0.2, 0) is 6.42 Å². The van der Waals surface area contributed by atoms with Gasteiger partial charge < -0.3 is 10.5 Å². The van der Waals surface area contributed by atoms with E-state index >= 15 is 0 Å². The van der Waals surface area contributed by atoms with E-state index in [1.54, 1.807) is 0 Å². The van der Waals surface area contributed by atoms with Crippen LogP contribution in [0.25, 0.3) is 0 Å². The lowest BCUT2D eigenvalue weighted by Crippen LogP contribution is -2.21. The topological polar surface area (TPSA) is 35.2 Å². The molecule has 0 bridgehead atoms. The smallest absolute Gasteiger partial charge is 0.141 e. The molecule has 0 aliphatic carbocycles. The maximum Gasteiger partial charge on any atom is 0.141 e. The number of aryl methyl sites for hydroxylation is 1. The highest BCUT2D eigenvalue weighted by Crippen LogP contribution is 2.31. The number of benzene rings is 1. The molecule has 0 saturated heterocycles. The van der Waals surface area contributed by atoms with Crippen molar-refractivity contribution in [2.45, 2.75) is 39.7 Å². The van der Waals surface area contributed by atoms with Gasteiger partial charge in [-0.15, -0.1) is 0 Å². The molecule has 0 aromatic heterocycles. The molecular formula is C13H20ClNO. The summed E-state index contributed by atoms with van der Waals surface area (Å²) >= 11 is 6.17. The fourth-order valence-electron chi connectivity index (χ4n) is 1.69. The molecule has 0 aliphatic heterocycles. The van der Waals surface area contributed by atoms with Gasteiger partial charge in [0.1, 0.15) is 5.75 Å². The van der Waals surface area contributed by atoms with Crippen LogP contribution in [0.4, 0.5) is 0 Å². The van der Waals surface area contributed by atoms with Gasteiger partial charge in [0.2, 0.25) is 0 Å². The Morgan fingerprint density at radius 3 is 2.62 bits per heavy atom. The second kappa shape index (κ2) is 6.12. The van der Waals surface area contributed by atoms with Crippen molar-refractivity contribution in [2.75, 3.05) is 6.61 Å². The van der Waals surface area contributed by atoms with Crippen LogP contribution < -0.4 is 10.5 Å². The molecule has 0 radical (unpaired) electrons. The second-order valence-corrected chi connectivity index (χ2v) is 4.45. The van der Waals surface area contributed by atoms with Crippen molar-refractivity contribution in [3.8, 4) is 5.75 Å². The Hall–Kier alpha value is -0.730. The lowest BCUT2D eigenvalue weighted by atomic mass is 10.0. The molecule has 0 heterocycles. The van der Waals surface area contributed by atoms with Crippen molar-refractivity contribution in [3.63, 3.8) is 0 Å². The van der Waals surface area contributed by atoms with E-state index in [0.29, 0.717) is 11.6 Å². The van der Waals surface area contributed by atoms with Crippen LogP contribution in [0.3, 0.4) is 0 Å². The zero-order chi connectivity index (χ0) is 12.1. The van der Waals surface area contributed by atoms with E-state index in [2.05, 4.69) is 13.0 Å². The number of rotatable bonds is 5. The summed E-state index contributed by atoms with van der Waals surface area (Å²) in [5, 5.41) is 0.681. The molecule has 0 saturated carbocycles. The average Bonchev–Trinajstić information content (AvgIpc) is 2.23. The predicted molar refractivity (Wildman–Crippen MR) is 69.3 cm³/mol. The minimum atomic E-state index is 0.164. The molecule has 0 amide bonds. The van der Waals surface area contributed by atoms with E-state index in [4.69, 9.17) is 22.1 Å². The van der Waals surface area contributed by atoms with Gasteiger partial charge in [-0.3, -0.25) is 0 Å². The number of halogens is 1. The first-order valence-corrected chi connectivity index (χ1v) is 6.13. The molecule has 1 aromatic carbocycles. The van der Waals surface area contributed by atoms with E-state index < -0.39 is 0 Å². The van der Waals surface area contributed by atoms with Crippen LogP contribution in [0, 0.1) is 6.92 Å². The molecule has 2 nitrogen and oxygen atoms in total. The van der Waals surface area contributed by atoms with Crippen LogP contribution in [0.1, 0.15) is 31.4 Å². The van der Waals surface area contributed by atoms with Crippen molar-refractivity contribution in [3.05, 3.63) is 28.3 Å². The van der Waals surface area contributed by atoms with Crippen LogP contribution >= 0.6 is 11.6 Å². The third kappa shape index (κ3) is 3.39. The Balaban J connectivity index is 3.03. The van der Waals surface area contributed by atoms with Crippen LogP contribution in [0.15, 0.2) is 12.1 Å². The maximum atomic E-state index is 6.17. The SMILES string of the molecule is CCOc1c(Cl)cc(C)cc1CC(N)CC. The molecule has 0 fully saturated rings. The van der Waals surface area contributed by atoms with Gasteiger partial charge >= 0.3 is 0 Å². The predicted octanol–water partition coefficient (Wildman–Crippen LogP) is 3.33. The van der Waals surface area contributed by atoms with Crippen molar-refractivity contribution in [1.82, 2.24) is 0 Å². The zero-order valence-electron chi connectivity index (χ0n) is 10.2. The lowest BCUT2D eigenvalue weighted by molar-refractivity contribution is 0.335. The minimum Gasteiger partial charge on any atom is -0.492 e. The fourth-order valence-corrected chi connectivity index (χ4v) is 2.03. The molecule has 90 valence electrons. The van der Waals surface area contributed by atoms with Gasteiger partial charge in [-0.1, -0.05) is 24.6 Å². The van der Waals surface area contributed by atoms with E-state index in [1.165, 1.54) is 0 Å². The Kier molecular flexibility index (Phi) is 5.10. The minimum absolute atomic E-state index is 0.164. The van der Waals surface area contributed by atoms with Crippen molar-refractivity contribution in [2.24, 2.45) is 5.73 Å². The first-order chi connectivity index (χ1) is 7.58. The molecule has 1 aromatic rings. The molecule has 0 aliphatic rings. The third-order valence-corrected chi connectivity index (χ3v) is 2.84. The monoisotopic (exact) mass is 241 g/mol. The van der Waals surface area contributed by atoms with Crippen LogP contribution in [-0.4, -0.2) is 12.6 Å². The molecule has 1 unspecified atom stereocenters. The molecule has 3 heteroatoms. The van der Waals surface area contributed by atoms with Crippen molar-refractivity contribution in [1.29, 1.82) is 0 Å². The summed E-state index contributed by atoms with van der Waals surface area (Å²) in [6, 6.07) is 4.19. The normalized spacial score (nSPS) is 12.6. The van der Waals surface area contributed by atoms with E-state index in [1.807, 2.05) is 19.9 Å². The van der Waals surface area contributed by atoms with E-state index in [9.17, 15) is 0 Å². The van der Waals surface area contributed by atoms with Gasteiger partial charge in [0.15, 0.2) is 0 Å². The summed E-state index contributed by atoms with van der Waals surface area (Å²) in [7, 11) is 0. The molecule has 1 rings (SSSR count). The lowest BCUT2D eigenvalue weighted by Gasteiger charge is -2.15. The molecular weight excluding hydrogens is 222 g/mol. The van der Waals surface area contributed by atoms with Crippen LogP contribution in [0.2, 0.25) is 5.02 Å². The molecule has 16 heavy (non-hydrogen) atoms. The van der Waals surface area contributed by atoms with E-state index in [0.717, 1.165) is 29.7 Å². The highest BCUT2D eigenvalue weighted by molar-refractivity contribution is 6.32. The first-order valence-electron chi connectivity index (χ1n) is 5.75. The first kappa shape index (κ1) is 13.3. The van der Waals surface area contributed by atoms with Crippen molar-refractivity contribution >= 4 is 11.6 Å². The van der Waals surface area contributed by atoms with Gasteiger partial charge in [0.25, 0.3) is 0 Å².